The molecule has 2 aromatic heterocycles. The molecule has 0 unspecified atom stereocenters. The lowest BCUT2D eigenvalue weighted by molar-refractivity contribution is -0.158. The first kappa shape index (κ1) is 24.4. The summed E-state index contributed by atoms with van der Waals surface area (Å²) >= 11 is 6.98. The first-order valence-corrected chi connectivity index (χ1v) is 12.8. The lowest BCUT2D eigenvalue weighted by atomic mass is 9.81. The summed E-state index contributed by atoms with van der Waals surface area (Å²) in [4.78, 5) is 31.7. The molecular weight excluding hydrogens is 535 g/mol. The molecule has 0 amide bonds. The van der Waals surface area contributed by atoms with E-state index in [4.69, 9.17) is 35.2 Å². The van der Waals surface area contributed by atoms with Crippen LogP contribution in [-0.2, 0) is 16.1 Å². The number of methoxy groups -OCH3 is 1. The van der Waals surface area contributed by atoms with Crippen LogP contribution < -0.4 is 24.4 Å². The van der Waals surface area contributed by atoms with Crippen molar-refractivity contribution in [1.29, 1.82) is 0 Å². The number of nitrogens with zero attached hydrogens (tertiary/aromatic N) is 2. The van der Waals surface area contributed by atoms with Crippen LogP contribution in [0.1, 0.15) is 30.0 Å². The van der Waals surface area contributed by atoms with E-state index in [0.29, 0.717) is 37.9 Å². The maximum Gasteiger partial charge on any atom is 0.317 e. The number of carbonyl (C=O) groups excluding carboxylic acids is 1. The number of benzene rings is 2. The minimum Gasteiger partial charge on any atom is -0.486 e. The fraction of sp³-hybridized carbons (Fsp3) is 0.222. The van der Waals surface area contributed by atoms with Crippen molar-refractivity contribution in [2.24, 2.45) is 10.9 Å². The van der Waals surface area contributed by atoms with Crippen LogP contribution in [0.4, 0.5) is 4.39 Å². The summed E-state index contributed by atoms with van der Waals surface area (Å²) < 4.78 is 38.0. The molecule has 0 saturated heterocycles. The molecule has 38 heavy (non-hydrogen) atoms. The highest BCUT2D eigenvalue weighted by Crippen LogP contribution is 2.47. The lowest BCUT2D eigenvalue weighted by Crippen LogP contribution is -2.58. The molecule has 4 heterocycles. The predicted octanol–water partition coefficient (Wildman–Crippen LogP) is 3.82. The Morgan fingerprint density at radius 2 is 2.08 bits per heavy atom. The van der Waals surface area contributed by atoms with Gasteiger partial charge in [0.05, 0.1) is 22.7 Å². The highest BCUT2D eigenvalue weighted by Gasteiger charge is 2.55. The molecule has 8 nitrogen and oxygen atoms in total. The van der Waals surface area contributed by atoms with Gasteiger partial charge in [-0.25, -0.2) is 9.38 Å². The molecule has 2 aliphatic rings. The predicted molar refractivity (Wildman–Crippen MR) is 136 cm³/mol. The molecule has 0 fully saturated rings. The van der Waals surface area contributed by atoms with Crippen LogP contribution >= 0.6 is 22.9 Å². The Kier molecular flexibility index (Phi) is 5.88. The number of furan rings is 1. The highest BCUT2D eigenvalue weighted by atomic mass is 35.5. The smallest absolute Gasteiger partial charge is 0.317 e. The summed E-state index contributed by atoms with van der Waals surface area (Å²) in [5.41, 5.74) is -0.832. The Labute approximate surface area is 224 Å². The summed E-state index contributed by atoms with van der Waals surface area (Å²) in [5, 5.41) is -0.0376. The van der Waals surface area contributed by atoms with Crippen molar-refractivity contribution in [3.8, 4) is 11.5 Å². The van der Waals surface area contributed by atoms with Crippen LogP contribution in [-0.4, -0.2) is 23.4 Å². The molecule has 6 rings (SSSR count). The van der Waals surface area contributed by atoms with Gasteiger partial charge in [0.25, 0.3) is 5.56 Å². The van der Waals surface area contributed by atoms with Gasteiger partial charge >= 0.3 is 5.97 Å². The van der Waals surface area contributed by atoms with E-state index < -0.39 is 29.5 Å². The summed E-state index contributed by atoms with van der Waals surface area (Å²) in [7, 11) is 1.31. The SMILES string of the molecule is COC(=O)[C@H]1[C@H]2c3ccccc3O[C@]1(C)N=c1s/c(=C/c3ccc(COc4ccc(F)c(Cl)c4)o3)c(=O)n12. The summed E-state index contributed by atoms with van der Waals surface area (Å²) in [6.45, 7) is 1.81. The van der Waals surface area contributed by atoms with Gasteiger partial charge in [0.2, 0.25) is 5.72 Å². The summed E-state index contributed by atoms with van der Waals surface area (Å²) in [5.74, 6) is 0.0105. The third kappa shape index (κ3) is 4.00. The molecule has 0 spiro atoms. The van der Waals surface area contributed by atoms with Crippen molar-refractivity contribution in [2.45, 2.75) is 25.3 Å². The minimum absolute atomic E-state index is 0.0376. The second-order valence-corrected chi connectivity index (χ2v) is 10.4. The normalized spacial score (nSPS) is 21.6. The summed E-state index contributed by atoms with van der Waals surface area (Å²) in [6.07, 6.45) is 1.62. The number of rotatable bonds is 5. The van der Waals surface area contributed by atoms with Gasteiger partial charge in [0, 0.05) is 17.7 Å². The molecule has 194 valence electrons. The average Bonchev–Trinajstić information content (AvgIpc) is 3.46. The molecular formula is C27H20ClFN2O6S. The van der Waals surface area contributed by atoms with Crippen molar-refractivity contribution in [3.63, 3.8) is 0 Å². The minimum atomic E-state index is -1.24. The summed E-state index contributed by atoms with van der Waals surface area (Å²) in [6, 6.07) is 14.2. The average molecular weight is 555 g/mol. The molecule has 0 radical (unpaired) electrons. The van der Waals surface area contributed by atoms with Gasteiger partial charge < -0.3 is 18.6 Å². The van der Waals surface area contributed by atoms with E-state index >= 15 is 0 Å². The monoisotopic (exact) mass is 554 g/mol. The van der Waals surface area contributed by atoms with Gasteiger partial charge in [0.15, 0.2) is 4.80 Å². The molecule has 0 N–H and O–H groups in total. The number of halogens is 2. The van der Waals surface area contributed by atoms with E-state index in [2.05, 4.69) is 0 Å². The zero-order valence-electron chi connectivity index (χ0n) is 20.1. The molecule has 0 aliphatic carbocycles. The van der Waals surface area contributed by atoms with Crippen LogP contribution in [0, 0.1) is 11.7 Å². The standard InChI is InChI=1S/C27H20ClFN2O6S/c1-27-22(25(33)34-2)23(17-5-3-4-6-20(17)37-27)31-24(32)21(38-26(31)30-27)12-15-7-8-16(36-15)13-35-14-9-10-19(29)18(28)11-14/h3-12,22-23H,13H2,1-2H3/b21-12+/t22-,23-,27+/m1/s1. The van der Waals surface area contributed by atoms with Crippen molar-refractivity contribution in [1.82, 2.24) is 4.57 Å². The fourth-order valence-electron chi connectivity index (χ4n) is 4.83. The van der Waals surface area contributed by atoms with Crippen molar-refractivity contribution in [3.05, 3.63) is 102 Å². The largest absolute Gasteiger partial charge is 0.486 e. The van der Waals surface area contributed by atoms with E-state index in [9.17, 15) is 14.0 Å². The Hall–Kier alpha value is -3.89. The maximum atomic E-state index is 13.6. The topological polar surface area (TPSA) is 92.3 Å². The zero-order chi connectivity index (χ0) is 26.6. The number of hydrogen-bond acceptors (Lipinski definition) is 8. The number of aromatic nitrogens is 1. The van der Waals surface area contributed by atoms with Crippen LogP contribution in [0.3, 0.4) is 0 Å². The van der Waals surface area contributed by atoms with Gasteiger partial charge in [-0.1, -0.05) is 41.1 Å². The Morgan fingerprint density at radius 3 is 2.87 bits per heavy atom. The van der Waals surface area contributed by atoms with Crippen molar-refractivity contribution < 1.29 is 27.8 Å². The lowest BCUT2D eigenvalue weighted by Gasteiger charge is -2.44. The fourth-order valence-corrected chi connectivity index (χ4v) is 6.08. The zero-order valence-corrected chi connectivity index (χ0v) is 21.7. The molecule has 0 saturated carbocycles. The number of fused-ring (bicyclic) bond motifs is 6. The number of thiazole rings is 1. The maximum absolute atomic E-state index is 13.6. The van der Waals surface area contributed by atoms with Crippen LogP contribution in [0.25, 0.3) is 6.08 Å². The molecule has 11 heteroatoms. The first-order chi connectivity index (χ1) is 18.3. The Bertz CT molecular complexity index is 1760. The Morgan fingerprint density at radius 1 is 1.26 bits per heavy atom. The van der Waals surface area contributed by atoms with Gasteiger partial charge in [0.1, 0.15) is 41.4 Å². The molecule has 2 bridgehead atoms. The second-order valence-electron chi connectivity index (χ2n) is 8.99. The van der Waals surface area contributed by atoms with Gasteiger partial charge in [-0.05, 0) is 37.3 Å². The molecule has 2 aromatic carbocycles. The number of ether oxygens (including phenoxy) is 3. The van der Waals surface area contributed by atoms with Crippen molar-refractivity contribution >= 4 is 35.0 Å². The third-order valence-corrected chi connectivity index (χ3v) is 7.84. The Balaban J connectivity index is 1.37. The number of hydrogen-bond donors (Lipinski definition) is 0. The second kappa shape index (κ2) is 9.14. The quantitative estimate of drug-likeness (QED) is 0.348. The molecule has 2 aliphatic heterocycles. The number of carbonyl (C=O) groups is 1. The van der Waals surface area contributed by atoms with E-state index in [1.807, 2.05) is 18.2 Å². The van der Waals surface area contributed by atoms with E-state index in [-0.39, 0.29) is 17.2 Å². The van der Waals surface area contributed by atoms with Gasteiger partial charge in [-0.3, -0.25) is 14.2 Å². The van der Waals surface area contributed by atoms with E-state index in [1.165, 1.54) is 41.2 Å². The highest BCUT2D eigenvalue weighted by molar-refractivity contribution is 7.07. The molecule has 4 aromatic rings. The van der Waals surface area contributed by atoms with E-state index in [0.717, 1.165) is 0 Å². The van der Waals surface area contributed by atoms with Crippen LogP contribution in [0.2, 0.25) is 5.02 Å². The number of esters is 1. The van der Waals surface area contributed by atoms with Crippen LogP contribution in [0.5, 0.6) is 11.5 Å². The van der Waals surface area contributed by atoms with Gasteiger partial charge in [-0.15, -0.1) is 0 Å². The third-order valence-electron chi connectivity index (χ3n) is 6.56. The molecule has 3 atom stereocenters. The van der Waals surface area contributed by atoms with Gasteiger partial charge in [-0.2, -0.15) is 0 Å². The number of para-hydroxylation sites is 1. The first-order valence-electron chi connectivity index (χ1n) is 11.6. The van der Waals surface area contributed by atoms with Crippen molar-refractivity contribution in [2.75, 3.05) is 7.11 Å². The van der Waals surface area contributed by atoms with E-state index in [1.54, 1.807) is 31.2 Å². The van der Waals surface area contributed by atoms with Crippen LogP contribution in [0.15, 0.2) is 68.8 Å².